The molecule has 7 heteroatoms. The normalized spacial score (nSPS) is 10.3. The predicted octanol–water partition coefficient (Wildman–Crippen LogP) is 1.01. The predicted molar refractivity (Wildman–Crippen MR) is 80.4 cm³/mol. The summed E-state index contributed by atoms with van der Waals surface area (Å²) in [6, 6.07) is 0. The van der Waals surface area contributed by atoms with Crippen molar-refractivity contribution in [1.82, 2.24) is 19.1 Å². The summed E-state index contributed by atoms with van der Waals surface area (Å²) in [5, 5.41) is 0. The molecule has 0 aliphatic rings. The van der Waals surface area contributed by atoms with Crippen LogP contribution in [0.15, 0.2) is 28.1 Å². The number of fused-ring (bicyclic) bond motifs is 1. The first-order valence-corrected chi connectivity index (χ1v) is 5.29. The number of hydrogen-bond donors (Lipinski definition) is 1. The monoisotopic (exact) mass is 362 g/mol. The second-order valence-electron chi connectivity index (χ2n) is 4.11. The van der Waals surface area contributed by atoms with E-state index in [4.69, 9.17) is 0 Å². The average molecular weight is 362 g/mol. The maximum atomic E-state index is 12.0. The lowest BCUT2D eigenvalue weighted by Crippen LogP contribution is -2.39. The number of imidazole rings is 1. The highest BCUT2D eigenvalue weighted by atomic mass is 127. The van der Waals surface area contributed by atoms with Gasteiger partial charge in [0, 0.05) is 13.6 Å². The first-order valence-electron chi connectivity index (χ1n) is 5.29. The Morgan fingerprint density at radius 2 is 2.17 bits per heavy atom. The minimum atomic E-state index is -0.351. The summed E-state index contributed by atoms with van der Waals surface area (Å²) in [5.74, 6) is 0. The lowest BCUT2D eigenvalue weighted by molar-refractivity contribution is 0.601. The second-order valence-corrected chi connectivity index (χ2v) is 4.11. The molecular weight excluding hydrogens is 347 g/mol. The van der Waals surface area contributed by atoms with Gasteiger partial charge in [-0.15, -0.1) is 30.6 Å². The molecule has 98 valence electrons. The number of nitrogens with zero attached hydrogens (tertiary/aromatic N) is 3. The fourth-order valence-corrected chi connectivity index (χ4v) is 1.69. The zero-order valence-corrected chi connectivity index (χ0v) is 12.6. The lowest BCUT2D eigenvalue weighted by Gasteiger charge is -2.07. The van der Waals surface area contributed by atoms with Gasteiger partial charge >= 0.3 is 5.69 Å². The van der Waals surface area contributed by atoms with Crippen LogP contribution >= 0.6 is 24.0 Å². The lowest BCUT2D eigenvalue weighted by atomic mass is 10.2. The highest BCUT2D eigenvalue weighted by Crippen LogP contribution is 2.01. The molecule has 0 unspecified atom stereocenters. The van der Waals surface area contributed by atoms with Gasteiger partial charge in [0.25, 0.3) is 5.56 Å². The van der Waals surface area contributed by atoms with Crippen LogP contribution in [0.4, 0.5) is 0 Å². The molecule has 0 bridgehead atoms. The Morgan fingerprint density at radius 3 is 2.78 bits per heavy atom. The van der Waals surface area contributed by atoms with Gasteiger partial charge in [-0.05, 0) is 13.3 Å². The van der Waals surface area contributed by atoms with Crippen LogP contribution in [0.5, 0.6) is 0 Å². The third kappa shape index (κ3) is 2.40. The number of hydrogen-bond acceptors (Lipinski definition) is 3. The summed E-state index contributed by atoms with van der Waals surface area (Å²) in [6.45, 7) is 5.97. The zero-order valence-electron chi connectivity index (χ0n) is 10.3. The van der Waals surface area contributed by atoms with Crippen molar-refractivity contribution in [2.24, 2.45) is 7.05 Å². The Hall–Kier alpha value is -1.38. The maximum Gasteiger partial charge on any atom is 0.332 e. The van der Waals surface area contributed by atoms with E-state index in [2.05, 4.69) is 16.5 Å². The Bertz CT molecular complexity index is 695. The van der Waals surface area contributed by atoms with Gasteiger partial charge in [-0.2, -0.15) is 0 Å². The number of allylic oxidation sites excluding steroid dienone is 1. The van der Waals surface area contributed by atoms with Gasteiger partial charge in [-0.25, -0.2) is 9.78 Å². The molecule has 0 amide bonds. The van der Waals surface area contributed by atoms with Crippen LogP contribution in [0.3, 0.4) is 0 Å². The molecule has 18 heavy (non-hydrogen) atoms. The minimum absolute atomic E-state index is 0. The highest BCUT2D eigenvalue weighted by Gasteiger charge is 2.12. The summed E-state index contributed by atoms with van der Waals surface area (Å²) in [5.41, 5.74) is 0.988. The van der Waals surface area contributed by atoms with E-state index >= 15 is 0 Å². The molecule has 0 fully saturated rings. The van der Waals surface area contributed by atoms with Crippen LogP contribution < -0.4 is 11.2 Å². The Kier molecular flexibility index (Phi) is 4.49. The molecule has 0 aliphatic carbocycles. The number of H-pyrrole nitrogens is 1. The molecule has 6 nitrogen and oxygen atoms in total. The molecule has 2 heterocycles. The second kappa shape index (κ2) is 5.51. The quantitative estimate of drug-likeness (QED) is 0.654. The van der Waals surface area contributed by atoms with E-state index in [1.54, 1.807) is 7.05 Å². The molecule has 2 rings (SSSR count). The molecule has 2 aromatic heterocycles. The number of aromatic nitrogens is 4. The van der Waals surface area contributed by atoms with Crippen molar-refractivity contribution in [3.8, 4) is 0 Å². The minimum Gasteiger partial charge on any atom is -0.339 e. The maximum absolute atomic E-state index is 12.0. The van der Waals surface area contributed by atoms with Gasteiger partial charge in [-0.1, -0.05) is 5.57 Å². The van der Waals surface area contributed by atoms with Crippen LogP contribution in [0.25, 0.3) is 11.2 Å². The van der Waals surface area contributed by atoms with E-state index in [1.165, 1.54) is 15.5 Å². The van der Waals surface area contributed by atoms with Crippen LogP contribution in [-0.4, -0.2) is 19.1 Å². The molecule has 1 N–H and O–H groups in total. The third-order valence-electron chi connectivity index (χ3n) is 2.68. The van der Waals surface area contributed by atoms with Crippen LogP contribution in [-0.2, 0) is 13.6 Å². The van der Waals surface area contributed by atoms with Crippen molar-refractivity contribution < 1.29 is 0 Å². The van der Waals surface area contributed by atoms with Gasteiger partial charge in [0.2, 0.25) is 0 Å². The van der Waals surface area contributed by atoms with E-state index < -0.39 is 0 Å². The number of halogens is 1. The Morgan fingerprint density at radius 1 is 1.50 bits per heavy atom. The average Bonchev–Trinajstić information content (AvgIpc) is 2.75. The first-order chi connectivity index (χ1) is 8.02. The summed E-state index contributed by atoms with van der Waals surface area (Å²) < 4.78 is 2.57. The summed E-state index contributed by atoms with van der Waals surface area (Å²) in [6.07, 6.45) is 2.02. The van der Waals surface area contributed by atoms with E-state index in [9.17, 15) is 9.59 Å². The molecule has 0 saturated carbocycles. The van der Waals surface area contributed by atoms with E-state index in [-0.39, 0.29) is 35.2 Å². The van der Waals surface area contributed by atoms with E-state index in [0.29, 0.717) is 24.1 Å². The van der Waals surface area contributed by atoms with Crippen molar-refractivity contribution in [3.63, 3.8) is 0 Å². The van der Waals surface area contributed by atoms with Crippen molar-refractivity contribution >= 4 is 35.1 Å². The largest absolute Gasteiger partial charge is 0.339 e. The highest BCUT2D eigenvalue weighted by molar-refractivity contribution is 14.0. The van der Waals surface area contributed by atoms with Crippen molar-refractivity contribution in [3.05, 3.63) is 39.3 Å². The van der Waals surface area contributed by atoms with Crippen LogP contribution in [0.2, 0.25) is 0 Å². The van der Waals surface area contributed by atoms with Crippen molar-refractivity contribution in [2.75, 3.05) is 0 Å². The molecule has 0 saturated heterocycles. The number of nitrogens with one attached hydrogen (secondary N) is 1. The SMILES string of the molecule is C=C(C)CCn1c(=O)c2[nH]cnc2n(C)c1=O.I. The molecular formula is C11H15IN4O2. The van der Waals surface area contributed by atoms with Crippen molar-refractivity contribution in [1.29, 1.82) is 0 Å². The first kappa shape index (κ1) is 14.7. The molecule has 0 aromatic carbocycles. The molecule has 2 aromatic rings. The molecule has 0 spiro atoms. The zero-order chi connectivity index (χ0) is 12.6. The smallest absolute Gasteiger partial charge is 0.332 e. The third-order valence-corrected chi connectivity index (χ3v) is 2.68. The molecule has 0 radical (unpaired) electrons. The summed E-state index contributed by atoms with van der Waals surface area (Å²) in [7, 11) is 1.60. The Balaban J connectivity index is 0.00000162. The number of rotatable bonds is 3. The number of aromatic amines is 1. The van der Waals surface area contributed by atoms with Gasteiger partial charge in [0.15, 0.2) is 5.65 Å². The molecule has 0 atom stereocenters. The summed E-state index contributed by atoms with van der Waals surface area (Å²) in [4.78, 5) is 30.7. The van der Waals surface area contributed by atoms with Gasteiger partial charge in [0.1, 0.15) is 5.52 Å². The topological polar surface area (TPSA) is 72.7 Å². The molecule has 0 aliphatic heterocycles. The fraction of sp³-hybridized carbons (Fsp3) is 0.364. The Labute approximate surface area is 120 Å². The van der Waals surface area contributed by atoms with Crippen LogP contribution in [0.1, 0.15) is 13.3 Å². The van der Waals surface area contributed by atoms with Crippen LogP contribution in [0, 0.1) is 0 Å². The van der Waals surface area contributed by atoms with E-state index in [0.717, 1.165) is 5.57 Å². The number of aryl methyl sites for hydroxylation is 1. The summed E-state index contributed by atoms with van der Waals surface area (Å²) >= 11 is 0. The van der Waals surface area contributed by atoms with Gasteiger partial charge in [0.05, 0.1) is 6.33 Å². The van der Waals surface area contributed by atoms with Crippen molar-refractivity contribution in [2.45, 2.75) is 19.9 Å². The standard InChI is InChI=1S/C11H14N4O2.HI/c1-7(2)4-5-15-10(16)8-9(13-6-12-8)14(3)11(15)17;/h6H,1,4-5H2,2-3H3,(H,12,13);1H. The van der Waals surface area contributed by atoms with Gasteiger partial charge < -0.3 is 4.98 Å². The van der Waals surface area contributed by atoms with Gasteiger partial charge in [-0.3, -0.25) is 13.9 Å². The fourth-order valence-electron chi connectivity index (χ4n) is 1.69. The van der Waals surface area contributed by atoms with E-state index in [1.807, 2.05) is 6.92 Å².